The van der Waals surface area contributed by atoms with E-state index in [0.717, 1.165) is 0 Å². The van der Waals surface area contributed by atoms with Crippen LogP contribution in [0.15, 0.2) is 24.3 Å². The second-order valence-corrected chi connectivity index (χ2v) is 8.05. The minimum atomic E-state index is -4.50. The van der Waals surface area contributed by atoms with Crippen molar-refractivity contribution < 1.29 is 18.0 Å². The lowest BCUT2D eigenvalue weighted by atomic mass is 9.90. The molecule has 2 aromatic rings. The molecule has 0 atom stereocenters. The number of alkyl halides is 4. The normalized spacial score (nSPS) is 16.9. The molecule has 0 saturated carbocycles. The zero-order chi connectivity index (χ0) is 19.8. The molecular weight excluding hydrogens is 379 g/mol. The van der Waals surface area contributed by atoms with E-state index in [2.05, 4.69) is 4.98 Å². The Morgan fingerprint density at radius 1 is 1.22 bits per heavy atom. The zero-order valence-corrected chi connectivity index (χ0v) is 16.1. The molecule has 1 aromatic carbocycles. The first-order valence-corrected chi connectivity index (χ1v) is 9.55. The lowest BCUT2D eigenvalue weighted by molar-refractivity contribution is -0.147. The smallest absolute Gasteiger partial charge is 0.342 e. The number of carbonyl (C=O) groups excluding carboxylic acids is 1. The Kier molecular flexibility index (Phi) is 5.43. The lowest BCUT2D eigenvalue weighted by Crippen LogP contribution is -2.46. The highest BCUT2D eigenvalue weighted by Gasteiger charge is 2.39. The molecular formula is C19H23ClF3N3O. The predicted molar refractivity (Wildman–Crippen MR) is 98.5 cm³/mol. The van der Waals surface area contributed by atoms with Crippen LogP contribution in [0.25, 0.3) is 11.0 Å². The molecule has 148 valence electrons. The largest absolute Gasteiger partial charge is 0.449 e. The Labute approximate surface area is 161 Å². The van der Waals surface area contributed by atoms with Crippen molar-refractivity contribution in [2.75, 3.05) is 19.0 Å². The average molecular weight is 402 g/mol. The zero-order valence-electron chi connectivity index (χ0n) is 15.4. The van der Waals surface area contributed by atoms with E-state index >= 15 is 0 Å². The molecule has 0 aliphatic carbocycles. The number of piperidine rings is 1. The van der Waals surface area contributed by atoms with Crippen LogP contribution in [0.4, 0.5) is 13.2 Å². The van der Waals surface area contributed by atoms with Gasteiger partial charge >= 0.3 is 6.18 Å². The number of nitrogens with zero attached hydrogens (tertiary/aromatic N) is 3. The fourth-order valence-electron chi connectivity index (χ4n) is 3.54. The van der Waals surface area contributed by atoms with Crippen LogP contribution < -0.4 is 0 Å². The molecule has 0 bridgehead atoms. The van der Waals surface area contributed by atoms with Crippen molar-refractivity contribution in [1.29, 1.82) is 0 Å². The second-order valence-electron chi connectivity index (χ2n) is 7.79. The molecule has 27 heavy (non-hydrogen) atoms. The first-order valence-electron chi connectivity index (χ1n) is 9.01. The van der Waals surface area contributed by atoms with Crippen molar-refractivity contribution in [1.82, 2.24) is 14.5 Å². The minimum absolute atomic E-state index is 0.0000104. The number of hydrogen-bond donors (Lipinski definition) is 0. The van der Waals surface area contributed by atoms with Gasteiger partial charge in [-0.1, -0.05) is 12.1 Å². The van der Waals surface area contributed by atoms with Gasteiger partial charge in [0.15, 0.2) is 0 Å². The Bertz CT molecular complexity index is 823. The van der Waals surface area contributed by atoms with E-state index in [9.17, 15) is 18.0 Å². The number of hydrogen-bond acceptors (Lipinski definition) is 2. The van der Waals surface area contributed by atoms with Crippen LogP contribution >= 0.6 is 11.6 Å². The monoisotopic (exact) mass is 401 g/mol. The number of benzene rings is 1. The molecule has 0 unspecified atom stereocenters. The number of rotatable bonds is 4. The number of imidazole rings is 1. The fourth-order valence-corrected chi connectivity index (χ4v) is 3.65. The van der Waals surface area contributed by atoms with E-state index in [1.807, 2.05) is 13.8 Å². The molecule has 0 N–H and O–H groups in total. The van der Waals surface area contributed by atoms with Crippen LogP contribution in [0.5, 0.6) is 0 Å². The van der Waals surface area contributed by atoms with Gasteiger partial charge in [0, 0.05) is 25.5 Å². The van der Waals surface area contributed by atoms with Crippen LogP contribution in [0.1, 0.15) is 32.5 Å². The van der Waals surface area contributed by atoms with Gasteiger partial charge in [-0.05, 0) is 44.7 Å². The first kappa shape index (κ1) is 20.0. The van der Waals surface area contributed by atoms with Gasteiger partial charge < -0.3 is 9.47 Å². The summed E-state index contributed by atoms with van der Waals surface area (Å²) in [6, 6.07) is 6.66. The van der Waals surface area contributed by atoms with Crippen molar-refractivity contribution in [3.63, 3.8) is 0 Å². The van der Waals surface area contributed by atoms with Gasteiger partial charge in [0.2, 0.25) is 11.7 Å². The fraction of sp³-hybridized carbons (Fsp3) is 0.579. The minimum Gasteiger partial charge on any atom is -0.342 e. The molecule has 1 fully saturated rings. The van der Waals surface area contributed by atoms with Gasteiger partial charge in [-0.2, -0.15) is 13.2 Å². The maximum Gasteiger partial charge on any atom is 0.449 e. The lowest BCUT2D eigenvalue weighted by Gasteiger charge is -2.36. The number of carbonyl (C=O) groups is 1. The molecule has 4 nitrogen and oxygen atoms in total. The molecule has 8 heteroatoms. The molecule has 3 rings (SSSR count). The summed E-state index contributed by atoms with van der Waals surface area (Å²) in [5, 5.41) is 0. The SMILES string of the molecule is CC(C)(CCl)C(=O)N1CCC(Cn2c(C(F)(F)F)nc3ccccc32)CC1. The maximum absolute atomic E-state index is 13.4. The highest BCUT2D eigenvalue weighted by molar-refractivity contribution is 6.19. The summed E-state index contributed by atoms with van der Waals surface area (Å²) < 4.78 is 41.6. The number of aromatic nitrogens is 2. The van der Waals surface area contributed by atoms with Gasteiger partial charge in [-0.15, -0.1) is 11.6 Å². The van der Waals surface area contributed by atoms with E-state index in [-0.39, 0.29) is 24.2 Å². The molecule has 2 heterocycles. The van der Waals surface area contributed by atoms with Gasteiger partial charge in [0.05, 0.1) is 16.4 Å². The number of amides is 1. The van der Waals surface area contributed by atoms with E-state index < -0.39 is 17.4 Å². The van der Waals surface area contributed by atoms with Crippen molar-refractivity contribution in [2.24, 2.45) is 11.3 Å². The van der Waals surface area contributed by atoms with Gasteiger partial charge in [0.1, 0.15) is 0 Å². The quantitative estimate of drug-likeness (QED) is 0.704. The summed E-state index contributed by atoms with van der Waals surface area (Å²) >= 11 is 5.88. The first-order chi connectivity index (χ1) is 12.6. The number of halogens is 4. The Balaban J connectivity index is 1.75. The summed E-state index contributed by atoms with van der Waals surface area (Å²) in [5.74, 6) is -0.556. The summed E-state index contributed by atoms with van der Waals surface area (Å²) in [7, 11) is 0. The van der Waals surface area contributed by atoms with E-state index in [0.29, 0.717) is 37.0 Å². The van der Waals surface area contributed by atoms with Crippen LogP contribution in [0.2, 0.25) is 0 Å². The molecule has 1 amide bonds. The maximum atomic E-state index is 13.4. The summed E-state index contributed by atoms with van der Waals surface area (Å²) in [4.78, 5) is 18.1. The average Bonchev–Trinajstić information content (AvgIpc) is 3.01. The second kappa shape index (κ2) is 7.34. The van der Waals surface area contributed by atoms with Gasteiger partial charge in [-0.3, -0.25) is 4.79 Å². The highest BCUT2D eigenvalue weighted by Crippen LogP contribution is 2.33. The van der Waals surface area contributed by atoms with Crippen molar-refractivity contribution >= 4 is 28.5 Å². The van der Waals surface area contributed by atoms with Gasteiger partial charge in [0.25, 0.3) is 0 Å². The van der Waals surface area contributed by atoms with Crippen molar-refractivity contribution in [2.45, 2.75) is 39.4 Å². The van der Waals surface area contributed by atoms with Crippen molar-refractivity contribution in [3.8, 4) is 0 Å². The Hall–Kier alpha value is -1.76. The number of likely N-dealkylation sites (tertiary alicyclic amines) is 1. The van der Waals surface area contributed by atoms with E-state index in [1.54, 1.807) is 29.2 Å². The standard InChI is InChI=1S/C19H23ClF3N3O/c1-18(2,12-20)17(27)25-9-7-13(8-10-25)11-26-15-6-4-3-5-14(15)24-16(26)19(21,22)23/h3-6,13H,7-12H2,1-2H3. The molecule has 1 aliphatic heterocycles. The highest BCUT2D eigenvalue weighted by atomic mass is 35.5. The Morgan fingerprint density at radius 2 is 1.85 bits per heavy atom. The van der Waals surface area contributed by atoms with Crippen LogP contribution in [0.3, 0.4) is 0 Å². The van der Waals surface area contributed by atoms with Crippen molar-refractivity contribution in [3.05, 3.63) is 30.1 Å². The third-order valence-electron chi connectivity index (χ3n) is 5.16. The Morgan fingerprint density at radius 3 is 2.44 bits per heavy atom. The van der Waals surface area contributed by atoms with E-state index in [1.165, 1.54) is 4.57 Å². The number of para-hydroxylation sites is 2. The molecule has 0 spiro atoms. The summed E-state index contributed by atoms with van der Waals surface area (Å²) in [6.07, 6.45) is -3.18. The molecule has 1 saturated heterocycles. The predicted octanol–water partition coefficient (Wildman–Crippen LogP) is 4.56. The van der Waals surface area contributed by atoms with Crippen LogP contribution in [-0.2, 0) is 17.5 Å². The third kappa shape index (κ3) is 4.08. The molecule has 0 radical (unpaired) electrons. The summed E-state index contributed by atoms with van der Waals surface area (Å²) in [5.41, 5.74) is 0.214. The van der Waals surface area contributed by atoms with Gasteiger partial charge in [-0.25, -0.2) is 4.98 Å². The van der Waals surface area contributed by atoms with Crippen LogP contribution in [-0.4, -0.2) is 39.3 Å². The molecule has 1 aromatic heterocycles. The van der Waals surface area contributed by atoms with E-state index in [4.69, 9.17) is 11.6 Å². The summed E-state index contributed by atoms with van der Waals surface area (Å²) in [6.45, 7) is 4.94. The topological polar surface area (TPSA) is 38.1 Å². The van der Waals surface area contributed by atoms with Crippen LogP contribution in [0, 0.1) is 11.3 Å². The number of fused-ring (bicyclic) bond motifs is 1. The molecule has 1 aliphatic rings. The third-order valence-corrected chi connectivity index (χ3v) is 5.83.